The molecule has 68 valence electrons. The first-order valence-electron chi connectivity index (χ1n) is 5.51. The van der Waals surface area contributed by atoms with Crippen LogP contribution in [0.1, 0.15) is 32.1 Å². The maximum Gasteiger partial charge on any atom is 0.0464 e. The molecule has 0 spiro atoms. The topological polar surface area (TPSA) is 20.2 Å². The Hall–Kier alpha value is -0.0400. The van der Waals surface area contributed by atoms with E-state index in [0.717, 1.165) is 23.7 Å². The molecular formula is C11H18O. The van der Waals surface area contributed by atoms with Crippen LogP contribution in [0.3, 0.4) is 0 Å². The first-order chi connectivity index (χ1) is 5.90. The van der Waals surface area contributed by atoms with Gasteiger partial charge in [-0.15, -0.1) is 0 Å². The molecule has 5 unspecified atom stereocenters. The summed E-state index contributed by atoms with van der Waals surface area (Å²) < 4.78 is 0. The summed E-state index contributed by atoms with van der Waals surface area (Å²) >= 11 is 0. The van der Waals surface area contributed by atoms with Gasteiger partial charge in [0.1, 0.15) is 0 Å². The van der Waals surface area contributed by atoms with Crippen molar-refractivity contribution in [3.05, 3.63) is 0 Å². The molecule has 1 N–H and O–H groups in total. The summed E-state index contributed by atoms with van der Waals surface area (Å²) in [7, 11) is 0. The molecule has 3 fully saturated rings. The summed E-state index contributed by atoms with van der Waals surface area (Å²) in [5, 5.41) is 9.30. The SMILES string of the molecule is OCC1C2CC3CCCC1C3C2. The Morgan fingerprint density at radius 1 is 1.00 bits per heavy atom. The molecule has 3 aliphatic carbocycles. The predicted molar refractivity (Wildman–Crippen MR) is 47.6 cm³/mol. The van der Waals surface area contributed by atoms with Crippen LogP contribution in [0.25, 0.3) is 0 Å². The Bertz CT molecular complexity index is 185. The summed E-state index contributed by atoms with van der Waals surface area (Å²) in [5.41, 5.74) is 0. The van der Waals surface area contributed by atoms with Gasteiger partial charge < -0.3 is 5.11 Å². The van der Waals surface area contributed by atoms with E-state index < -0.39 is 0 Å². The number of fused-ring (bicyclic) bond motifs is 1. The summed E-state index contributed by atoms with van der Waals surface area (Å²) in [6, 6.07) is 0. The molecule has 12 heavy (non-hydrogen) atoms. The molecule has 1 nitrogen and oxygen atoms in total. The van der Waals surface area contributed by atoms with Crippen LogP contribution in [0.2, 0.25) is 0 Å². The number of hydrogen-bond acceptors (Lipinski definition) is 1. The Morgan fingerprint density at radius 2 is 1.92 bits per heavy atom. The van der Waals surface area contributed by atoms with Crippen molar-refractivity contribution in [2.24, 2.45) is 29.6 Å². The Balaban J connectivity index is 1.87. The maximum atomic E-state index is 9.30. The second kappa shape index (κ2) is 2.47. The molecule has 3 saturated carbocycles. The lowest BCUT2D eigenvalue weighted by Crippen LogP contribution is -2.33. The largest absolute Gasteiger partial charge is 0.396 e. The van der Waals surface area contributed by atoms with E-state index in [4.69, 9.17) is 0 Å². The Labute approximate surface area is 74.2 Å². The lowest BCUT2D eigenvalue weighted by Gasteiger charge is -2.39. The summed E-state index contributed by atoms with van der Waals surface area (Å²) in [4.78, 5) is 0. The van der Waals surface area contributed by atoms with Crippen LogP contribution in [0.4, 0.5) is 0 Å². The summed E-state index contributed by atoms with van der Waals surface area (Å²) in [6.45, 7) is 0.471. The first kappa shape index (κ1) is 7.37. The highest BCUT2D eigenvalue weighted by Gasteiger charge is 2.52. The standard InChI is InChI=1S/C11H18O/c12-6-11-8-4-7-2-1-3-9(11)10(7)5-8/h7-12H,1-6H2. The third-order valence-corrected chi connectivity index (χ3v) is 4.81. The third-order valence-electron chi connectivity index (χ3n) is 4.81. The fourth-order valence-electron chi connectivity index (χ4n) is 4.40. The van der Waals surface area contributed by atoms with E-state index in [1.807, 2.05) is 0 Å². The Kier molecular flexibility index (Phi) is 1.52. The van der Waals surface area contributed by atoms with Gasteiger partial charge in [-0.2, -0.15) is 0 Å². The molecule has 0 saturated heterocycles. The van der Waals surface area contributed by atoms with Gasteiger partial charge in [0.05, 0.1) is 0 Å². The molecule has 0 heterocycles. The molecule has 1 heteroatoms. The van der Waals surface area contributed by atoms with Gasteiger partial charge >= 0.3 is 0 Å². The van der Waals surface area contributed by atoms with E-state index in [0.29, 0.717) is 12.5 Å². The molecule has 3 aliphatic rings. The summed E-state index contributed by atoms with van der Waals surface area (Å²) in [6.07, 6.45) is 7.26. The average molecular weight is 166 g/mol. The van der Waals surface area contributed by atoms with Gasteiger partial charge in [-0.05, 0) is 48.9 Å². The molecule has 0 aliphatic heterocycles. The van der Waals surface area contributed by atoms with Crippen molar-refractivity contribution in [2.75, 3.05) is 6.61 Å². The van der Waals surface area contributed by atoms with E-state index >= 15 is 0 Å². The molecule has 0 aromatic rings. The first-order valence-corrected chi connectivity index (χ1v) is 5.51. The van der Waals surface area contributed by atoms with Gasteiger partial charge in [0.2, 0.25) is 0 Å². The minimum absolute atomic E-state index is 0.471. The Morgan fingerprint density at radius 3 is 2.75 bits per heavy atom. The zero-order valence-corrected chi connectivity index (χ0v) is 7.58. The number of rotatable bonds is 1. The van der Waals surface area contributed by atoms with E-state index in [2.05, 4.69) is 0 Å². The second-order valence-electron chi connectivity index (χ2n) is 5.10. The monoisotopic (exact) mass is 166 g/mol. The average Bonchev–Trinajstić information content (AvgIpc) is 2.60. The van der Waals surface area contributed by atoms with Gasteiger partial charge in [0.15, 0.2) is 0 Å². The van der Waals surface area contributed by atoms with Gasteiger partial charge in [-0.25, -0.2) is 0 Å². The van der Waals surface area contributed by atoms with Crippen LogP contribution in [0, 0.1) is 29.6 Å². The smallest absolute Gasteiger partial charge is 0.0464 e. The zero-order valence-electron chi connectivity index (χ0n) is 7.58. The second-order valence-corrected chi connectivity index (χ2v) is 5.10. The zero-order chi connectivity index (χ0) is 8.13. The predicted octanol–water partition coefficient (Wildman–Crippen LogP) is 2.05. The van der Waals surface area contributed by atoms with Crippen LogP contribution < -0.4 is 0 Å². The van der Waals surface area contributed by atoms with Crippen molar-refractivity contribution in [1.82, 2.24) is 0 Å². The van der Waals surface area contributed by atoms with Crippen LogP contribution >= 0.6 is 0 Å². The van der Waals surface area contributed by atoms with Crippen LogP contribution in [-0.4, -0.2) is 11.7 Å². The molecule has 5 atom stereocenters. The minimum atomic E-state index is 0.471. The lowest BCUT2D eigenvalue weighted by atomic mass is 9.67. The molecule has 3 rings (SSSR count). The highest BCUT2D eigenvalue weighted by Crippen LogP contribution is 2.60. The van der Waals surface area contributed by atoms with E-state index in [1.54, 1.807) is 0 Å². The fraction of sp³-hybridized carbons (Fsp3) is 1.00. The van der Waals surface area contributed by atoms with Crippen molar-refractivity contribution in [1.29, 1.82) is 0 Å². The molecule has 0 aromatic heterocycles. The van der Waals surface area contributed by atoms with Crippen molar-refractivity contribution >= 4 is 0 Å². The van der Waals surface area contributed by atoms with Crippen LogP contribution in [-0.2, 0) is 0 Å². The van der Waals surface area contributed by atoms with Crippen molar-refractivity contribution in [2.45, 2.75) is 32.1 Å². The highest BCUT2D eigenvalue weighted by molar-refractivity contribution is 5.02. The number of aliphatic hydroxyl groups is 1. The number of hydrogen-bond donors (Lipinski definition) is 1. The van der Waals surface area contributed by atoms with Crippen LogP contribution in [0.5, 0.6) is 0 Å². The van der Waals surface area contributed by atoms with Gasteiger partial charge in [0, 0.05) is 6.61 Å². The molecule has 2 bridgehead atoms. The molecular weight excluding hydrogens is 148 g/mol. The maximum absolute atomic E-state index is 9.30. The highest BCUT2D eigenvalue weighted by atomic mass is 16.3. The number of aliphatic hydroxyl groups excluding tert-OH is 1. The van der Waals surface area contributed by atoms with Crippen molar-refractivity contribution in [3.8, 4) is 0 Å². The fourth-order valence-corrected chi connectivity index (χ4v) is 4.40. The summed E-state index contributed by atoms with van der Waals surface area (Å²) in [5.74, 6) is 4.63. The van der Waals surface area contributed by atoms with Crippen molar-refractivity contribution < 1.29 is 5.11 Å². The third kappa shape index (κ3) is 0.783. The van der Waals surface area contributed by atoms with Gasteiger partial charge in [-0.1, -0.05) is 12.8 Å². The van der Waals surface area contributed by atoms with Gasteiger partial charge in [0.25, 0.3) is 0 Å². The van der Waals surface area contributed by atoms with E-state index in [1.165, 1.54) is 32.1 Å². The van der Waals surface area contributed by atoms with Gasteiger partial charge in [-0.3, -0.25) is 0 Å². The molecule has 0 amide bonds. The van der Waals surface area contributed by atoms with E-state index in [-0.39, 0.29) is 0 Å². The van der Waals surface area contributed by atoms with Crippen molar-refractivity contribution in [3.63, 3.8) is 0 Å². The quantitative estimate of drug-likeness (QED) is 0.632. The normalized spacial score (nSPS) is 56.2. The molecule has 0 radical (unpaired) electrons. The van der Waals surface area contributed by atoms with E-state index in [9.17, 15) is 5.11 Å². The minimum Gasteiger partial charge on any atom is -0.396 e. The molecule has 0 aromatic carbocycles. The lowest BCUT2D eigenvalue weighted by molar-refractivity contribution is 0.0624. The van der Waals surface area contributed by atoms with Crippen LogP contribution in [0.15, 0.2) is 0 Å².